The number of unbranched alkanes of at least 4 members (excludes halogenated alkanes) is 46. The predicted octanol–water partition coefficient (Wildman–Crippen LogP) is 23.8. The highest BCUT2D eigenvalue weighted by Crippen LogP contribution is 2.20. The standard InChI is InChI=1S/C71H138O6/c1-7-67(6)59-53-47-41-35-29-23-17-10-8-9-11-18-24-30-36-42-48-54-60-69(72)75-63-68(77-71(74)62-56-50-44-38-32-26-20-14-16-22-28-34-40-46-52-58-66(4)5)64-76-70(73)61-55-49-43-37-31-25-19-13-12-15-21-27-33-39-45-51-57-65(2)3/h65-68H,7-64H2,1-6H3/t67?,68-/m1/s1. The van der Waals surface area contributed by atoms with Crippen molar-refractivity contribution in [3.63, 3.8) is 0 Å². The molecule has 0 aromatic rings. The topological polar surface area (TPSA) is 78.9 Å². The van der Waals surface area contributed by atoms with Crippen LogP contribution in [0.1, 0.15) is 401 Å². The Morgan fingerprint density at radius 2 is 0.455 bits per heavy atom. The van der Waals surface area contributed by atoms with Crippen LogP contribution < -0.4 is 0 Å². The molecule has 0 aromatic carbocycles. The molecule has 6 nitrogen and oxygen atoms in total. The highest BCUT2D eigenvalue weighted by molar-refractivity contribution is 5.71. The normalized spacial score (nSPS) is 12.5. The van der Waals surface area contributed by atoms with Gasteiger partial charge in [-0.25, -0.2) is 0 Å². The van der Waals surface area contributed by atoms with E-state index >= 15 is 0 Å². The number of esters is 3. The molecule has 0 aromatic heterocycles. The van der Waals surface area contributed by atoms with E-state index in [2.05, 4.69) is 41.5 Å². The third-order valence-corrected chi connectivity index (χ3v) is 16.8. The molecule has 0 aliphatic rings. The molecular weight excluding hydrogens is 949 g/mol. The van der Waals surface area contributed by atoms with Gasteiger partial charge in [0.2, 0.25) is 0 Å². The maximum Gasteiger partial charge on any atom is 0.306 e. The fourth-order valence-corrected chi connectivity index (χ4v) is 11.1. The van der Waals surface area contributed by atoms with Crippen molar-refractivity contribution < 1.29 is 28.6 Å². The summed E-state index contributed by atoms with van der Waals surface area (Å²) in [7, 11) is 0. The van der Waals surface area contributed by atoms with Crippen LogP contribution in [0.5, 0.6) is 0 Å². The highest BCUT2D eigenvalue weighted by Gasteiger charge is 2.20. The molecule has 2 atom stereocenters. The minimum absolute atomic E-state index is 0.0618. The minimum Gasteiger partial charge on any atom is -0.462 e. The van der Waals surface area contributed by atoms with Crippen LogP contribution >= 0.6 is 0 Å². The Morgan fingerprint density at radius 1 is 0.260 bits per heavy atom. The Bertz CT molecular complexity index is 1200. The summed E-state index contributed by atoms with van der Waals surface area (Å²) in [5, 5.41) is 0. The highest BCUT2D eigenvalue weighted by atomic mass is 16.6. The zero-order valence-electron chi connectivity index (χ0n) is 53.3. The van der Waals surface area contributed by atoms with Gasteiger partial charge in [-0.05, 0) is 37.0 Å². The fourth-order valence-electron chi connectivity index (χ4n) is 11.1. The van der Waals surface area contributed by atoms with Gasteiger partial charge in [0.15, 0.2) is 6.10 Å². The van der Waals surface area contributed by atoms with Crippen LogP contribution in [0.15, 0.2) is 0 Å². The average molecular weight is 1090 g/mol. The van der Waals surface area contributed by atoms with Crippen LogP contribution in [0.2, 0.25) is 0 Å². The quantitative estimate of drug-likeness (QED) is 0.0343. The summed E-state index contributed by atoms with van der Waals surface area (Å²) in [6, 6.07) is 0. The second-order valence-electron chi connectivity index (χ2n) is 25.7. The third kappa shape index (κ3) is 63.5. The number of hydrogen-bond donors (Lipinski definition) is 0. The zero-order chi connectivity index (χ0) is 56.2. The van der Waals surface area contributed by atoms with Gasteiger partial charge in [-0.2, -0.15) is 0 Å². The molecule has 6 heteroatoms. The molecule has 0 spiro atoms. The van der Waals surface area contributed by atoms with Crippen molar-refractivity contribution >= 4 is 17.9 Å². The van der Waals surface area contributed by atoms with E-state index in [1.807, 2.05) is 0 Å². The average Bonchev–Trinajstić information content (AvgIpc) is 3.41. The molecule has 77 heavy (non-hydrogen) atoms. The molecule has 0 fully saturated rings. The first-order valence-electron chi connectivity index (χ1n) is 35.1. The molecule has 0 radical (unpaired) electrons. The van der Waals surface area contributed by atoms with E-state index in [0.717, 1.165) is 75.5 Å². The largest absolute Gasteiger partial charge is 0.462 e. The van der Waals surface area contributed by atoms with E-state index in [1.165, 1.54) is 283 Å². The van der Waals surface area contributed by atoms with Crippen LogP contribution in [0.3, 0.4) is 0 Å². The van der Waals surface area contributed by atoms with E-state index in [0.29, 0.717) is 19.3 Å². The smallest absolute Gasteiger partial charge is 0.306 e. The molecule has 0 rings (SSSR count). The van der Waals surface area contributed by atoms with Crippen molar-refractivity contribution in [3.8, 4) is 0 Å². The Morgan fingerprint density at radius 3 is 0.675 bits per heavy atom. The van der Waals surface area contributed by atoms with Gasteiger partial charge in [-0.3, -0.25) is 14.4 Å². The second kappa shape index (κ2) is 62.0. The number of carbonyl (C=O) groups is 3. The van der Waals surface area contributed by atoms with Gasteiger partial charge in [0, 0.05) is 19.3 Å². The Kier molecular flexibility index (Phi) is 60.7. The molecule has 0 aliphatic heterocycles. The Balaban J connectivity index is 4.27. The molecule has 0 amide bonds. The minimum atomic E-state index is -0.765. The summed E-state index contributed by atoms with van der Waals surface area (Å²) < 4.78 is 17.0. The van der Waals surface area contributed by atoms with E-state index in [-0.39, 0.29) is 31.1 Å². The van der Waals surface area contributed by atoms with Gasteiger partial charge in [0.25, 0.3) is 0 Å². The summed E-state index contributed by atoms with van der Waals surface area (Å²) in [5.41, 5.74) is 0. The first kappa shape index (κ1) is 75.4. The molecular formula is C71H138O6. The van der Waals surface area contributed by atoms with Crippen molar-refractivity contribution in [2.75, 3.05) is 13.2 Å². The van der Waals surface area contributed by atoms with Crippen LogP contribution in [-0.4, -0.2) is 37.2 Å². The lowest BCUT2D eigenvalue weighted by atomic mass is 9.99. The number of carbonyl (C=O) groups excluding carboxylic acids is 3. The first-order chi connectivity index (χ1) is 37.6. The van der Waals surface area contributed by atoms with Crippen molar-refractivity contribution in [3.05, 3.63) is 0 Å². The number of hydrogen-bond acceptors (Lipinski definition) is 6. The maximum absolute atomic E-state index is 13.0. The van der Waals surface area contributed by atoms with Gasteiger partial charge in [0.1, 0.15) is 13.2 Å². The van der Waals surface area contributed by atoms with Gasteiger partial charge < -0.3 is 14.2 Å². The lowest BCUT2D eigenvalue weighted by Crippen LogP contribution is -2.30. The molecule has 0 saturated carbocycles. The lowest BCUT2D eigenvalue weighted by molar-refractivity contribution is -0.167. The van der Waals surface area contributed by atoms with Crippen LogP contribution in [0.4, 0.5) is 0 Å². The summed E-state index contributed by atoms with van der Waals surface area (Å²) in [5.74, 6) is 1.78. The second-order valence-corrected chi connectivity index (χ2v) is 25.7. The van der Waals surface area contributed by atoms with Gasteiger partial charge in [-0.1, -0.05) is 363 Å². The van der Waals surface area contributed by atoms with E-state index < -0.39 is 6.10 Å². The van der Waals surface area contributed by atoms with Crippen molar-refractivity contribution in [2.24, 2.45) is 17.8 Å². The van der Waals surface area contributed by atoms with Crippen LogP contribution in [0.25, 0.3) is 0 Å². The molecule has 0 bridgehead atoms. The zero-order valence-corrected chi connectivity index (χ0v) is 53.3. The lowest BCUT2D eigenvalue weighted by Gasteiger charge is -2.18. The Labute approximate surface area is 482 Å². The van der Waals surface area contributed by atoms with E-state index in [1.54, 1.807) is 0 Å². The molecule has 0 saturated heterocycles. The Hall–Kier alpha value is -1.59. The first-order valence-corrected chi connectivity index (χ1v) is 35.1. The molecule has 0 N–H and O–H groups in total. The van der Waals surface area contributed by atoms with Crippen molar-refractivity contribution in [1.29, 1.82) is 0 Å². The summed E-state index contributed by atoms with van der Waals surface area (Å²) in [6.45, 7) is 13.9. The third-order valence-electron chi connectivity index (χ3n) is 16.8. The molecule has 0 heterocycles. The summed E-state index contributed by atoms with van der Waals surface area (Å²) in [4.78, 5) is 38.5. The fraction of sp³-hybridized carbons (Fsp3) is 0.958. The van der Waals surface area contributed by atoms with Crippen LogP contribution in [-0.2, 0) is 28.6 Å². The SMILES string of the molecule is CCC(C)CCCCCCCCCCCCCCCCCCCCC(=O)OC[C@H](COC(=O)CCCCCCCCCCCCCCCCCCC(C)C)OC(=O)CCCCCCCCCCCCCCCCCC(C)C. The molecule has 0 aliphatic carbocycles. The van der Waals surface area contributed by atoms with Gasteiger partial charge >= 0.3 is 17.9 Å². The predicted molar refractivity (Wildman–Crippen MR) is 335 cm³/mol. The summed E-state index contributed by atoms with van der Waals surface area (Å²) in [6.07, 6.45) is 69.7. The number of ether oxygens (including phenoxy) is 3. The number of rotatable bonds is 64. The monoisotopic (exact) mass is 1090 g/mol. The van der Waals surface area contributed by atoms with E-state index in [9.17, 15) is 14.4 Å². The van der Waals surface area contributed by atoms with Crippen molar-refractivity contribution in [2.45, 2.75) is 407 Å². The van der Waals surface area contributed by atoms with Gasteiger partial charge in [-0.15, -0.1) is 0 Å². The maximum atomic E-state index is 13.0. The van der Waals surface area contributed by atoms with E-state index in [4.69, 9.17) is 14.2 Å². The van der Waals surface area contributed by atoms with Gasteiger partial charge in [0.05, 0.1) is 0 Å². The molecule has 458 valence electrons. The summed E-state index contributed by atoms with van der Waals surface area (Å²) >= 11 is 0. The van der Waals surface area contributed by atoms with Crippen molar-refractivity contribution in [1.82, 2.24) is 0 Å². The molecule has 1 unspecified atom stereocenters. The van der Waals surface area contributed by atoms with Crippen LogP contribution in [0, 0.1) is 17.8 Å².